The van der Waals surface area contributed by atoms with Gasteiger partial charge in [-0.3, -0.25) is 4.79 Å². The van der Waals surface area contributed by atoms with E-state index in [0.29, 0.717) is 17.6 Å². The molecule has 0 bridgehead atoms. The van der Waals surface area contributed by atoms with Gasteiger partial charge in [0.2, 0.25) is 5.91 Å². The number of nitrogens with zero attached hydrogens (tertiary/aromatic N) is 4. The quantitative estimate of drug-likeness (QED) is 0.248. The first-order chi connectivity index (χ1) is 13.6. The Balaban J connectivity index is 0.00000300. The summed E-state index contributed by atoms with van der Waals surface area (Å²) in [4.78, 5) is 23.2. The predicted octanol–water partition coefficient (Wildman–Crippen LogP) is 2.69. The van der Waals surface area contributed by atoms with Crippen molar-refractivity contribution in [3.8, 4) is 5.75 Å². The third-order valence-electron chi connectivity index (χ3n) is 4.98. The third-order valence-corrected chi connectivity index (χ3v) is 4.98. The van der Waals surface area contributed by atoms with E-state index in [4.69, 9.17) is 0 Å². The molecule has 9 heteroatoms. The van der Waals surface area contributed by atoms with Crippen molar-refractivity contribution in [2.45, 2.75) is 26.3 Å². The molecule has 2 aromatic rings. The zero-order valence-electron chi connectivity index (χ0n) is 16.8. The third kappa shape index (κ3) is 6.34. The lowest BCUT2D eigenvalue weighted by Crippen LogP contribution is -2.49. The summed E-state index contributed by atoms with van der Waals surface area (Å²) < 4.78 is 2.15. The standard InChI is InChI=1S/C20H28N6O2.HI/c1-3-22-20(23-12-19(28)24-16-4-6-17(27)7-5-16)25-10-8-15(2)18(13-25)26-11-9-21-14-26;/h4-7,9,11,14-15,18,27H,3,8,10,12-13H2,1-2H3,(H,22,23)(H,24,28);1H. The Labute approximate surface area is 188 Å². The summed E-state index contributed by atoms with van der Waals surface area (Å²) in [7, 11) is 0. The molecule has 0 aliphatic carbocycles. The summed E-state index contributed by atoms with van der Waals surface area (Å²) >= 11 is 0. The minimum absolute atomic E-state index is 0. The number of piperidine rings is 1. The van der Waals surface area contributed by atoms with Crippen LogP contribution in [0.1, 0.15) is 26.3 Å². The average Bonchev–Trinajstić information content (AvgIpc) is 3.22. The number of aliphatic imine (C=N–C) groups is 1. The fraction of sp³-hybridized carbons (Fsp3) is 0.450. The maximum absolute atomic E-state index is 12.3. The van der Waals surface area contributed by atoms with Crippen molar-refractivity contribution in [2.24, 2.45) is 10.9 Å². The first kappa shape index (κ1) is 23.0. The molecule has 3 rings (SSSR count). The van der Waals surface area contributed by atoms with Gasteiger partial charge in [0.15, 0.2) is 5.96 Å². The Morgan fingerprint density at radius 3 is 2.76 bits per heavy atom. The Bertz CT molecular complexity index is 794. The fourth-order valence-electron chi connectivity index (χ4n) is 3.41. The number of halogens is 1. The number of hydrogen-bond donors (Lipinski definition) is 3. The number of carbonyl (C=O) groups excluding carboxylic acids is 1. The average molecular weight is 512 g/mol. The molecule has 1 saturated heterocycles. The number of aromatic nitrogens is 2. The largest absolute Gasteiger partial charge is 0.508 e. The number of carbonyl (C=O) groups is 1. The van der Waals surface area contributed by atoms with Crippen molar-refractivity contribution in [1.82, 2.24) is 19.8 Å². The van der Waals surface area contributed by atoms with E-state index in [9.17, 15) is 9.90 Å². The highest BCUT2D eigenvalue weighted by Crippen LogP contribution is 2.27. The monoisotopic (exact) mass is 512 g/mol. The van der Waals surface area contributed by atoms with Crippen molar-refractivity contribution in [1.29, 1.82) is 0 Å². The van der Waals surface area contributed by atoms with Crippen LogP contribution in [-0.2, 0) is 4.79 Å². The topological polar surface area (TPSA) is 94.8 Å². The molecular formula is C20H29IN6O2. The zero-order valence-corrected chi connectivity index (χ0v) is 19.1. The smallest absolute Gasteiger partial charge is 0.246 e. The maximum atomic E-state index is 12.3. The number of phenols is 1. The van der Waals surface area contributed by atoms with E-state index in [1.165, 1.54) is 12.1 Å². The molecule has 0 saturated carbocycles. The van der Waals surface area contributed by atoms with Crippen LogP contribution in [0.15, 0.2) is 48.0 Å². The molecule has 1 amide bonds. The van der Waals surface area contributed by atoms with Crippen LogP contribution in [0, 0.1) is 5.92 Å². The summed E-state index contributed by atoms with van der Waals surface area (Å²) in [6, 6.07) is 6.71. The van der Waals surface area contributed by atoms with E-state index in [-0.39, 0.29) is 42.2 Å². The number of hydrogen-bond acceptors (Lipinski definition) is 4. The van der Waals surface area contributed by atoms with Gasteiger partial charge < -0.3 is 25.2 Å². The molecule has 29 heavy (non-hydrogen) atoms. The normalized spacial score (nSPS) is 19.4. The van der Waals surface area contributed by atoms with Gasteiger partial charge in [-0.15, -0.1) is 24.0 Å². The SMILES string of the molecule is CCNC(=NCC(=O)Nc1ccc(O)cc1)N1CCC(C)C(n2ccnc2)C1.I. The molecule has 1 aliphatic heterocycles. The molecule has 3 N–H and O–H groups in total. The highest BCUT2D eigenvalue weighted by molar-refractivity contribution is 14.0. The molecule has 1 aliphatic rings. The van der Waals surface area contributed by atoms with Crippen LogP contribution in [-0.4, -0.2) is 57.6 Å². The fourth-order valence-corrected chi connectivity index (χ4v) is 3.41. The van der Waals surface area contributed by atoms with Crippen molar-refractivity contribution in [2.75, 3.05) is 31.5 Å². The first-order valence-corrected chi connectivity index (χ1v) is 9.66. The van der Waals surface area contributed by atoms with Gasteiger partial charge in [-0.1, -0.05) is 6.92 Å². The Morgan fingerprint density at radius 1 is 1.34 bits per heavy atom. The van der Waals surface area contributed by atoms with Crippen molar-refractivity contribution >= 4 is 41.5 Å². The lowest BCUT2D eigenvalue weighted by Gasteiger charge is -2.39. The van der Waals surface area contributed by atoms with Gasteiger partial charge >= 0.3 is 0 Å². The first-order valence-electron chi connectivity index (χ1n) is 9.66. The van der Waals surface area contributed by atoms with Gasteiger partial charge in [0.25, 0.3) is 0 Å². The summed E-state index contributed by atoms with van der Waals surface area (Å²) in [6.07, 6.45) is 6.71. The van der Waals surface area contributed by atoms with E-state index in [1.807, 2.05) is 19.4 Å². The molecule has 1 aromatic heterocycles. The Hall–Kier alpha value is -2.30. The van der Waals surface area contributed by atoms with Gasteiger partial charge in [0, 0.05) is 37.7 Å². The Kier molecular flexibility index (Phi) is 8.74. The number of likely N-dealkylation sites (tertiary alicyclic amines) is 1. The van der Waals surface area contributed by atoms with E-state index in [0.717, 1.165) is 32.0 Å². The van der Waals surface area contributed by atoms with E-state index in [1.54, 1.807) is 18.3 Å². The van der Waals surface area contributed by atoms with Crippen LogP contribution in [0.5, 0.6) is 5.75 Å². The molecule has 1 fully saturated rings. The Morgan fingerprint density at radius 2 is 2.10 bits per heavy atom. The van der Waals surface area contributed by atoms with E-state index < -0.39 is 0 Å². The van der Waals surface area contributed by atoms with Crippen LogP contribution in [0.3, 0.4) is 0 Å². The van der Waals surface area contributed by atoms with Crippen LogP contribution in [0.25, 0.3) is 0 Å². The van der Waals surface area contributed by atoms with Crippen LogP contribution in [0.4, 0.5) is 5.69 Å². The van der Waals surface area contributed by atoms with Gasteiger partial charge in [-0.05, 0) is 43.5 Å². The van der Waals surface area contributed by atoms with Crippen molar-refractivity contribution in [3.63, 3.8) is 0 Å². The van der Waals surface area contributed by atoms with Crippen molar-refractivity contribution in [3.05, 3.63) is 43.0 Å². The molecule has 2 heterocycles. The summed E-state index contributed by atoms with van der Waals surface area (Å²) in [5.41, 5.74) is 0.634. The second kappa shape index (κ2) is 11.0. The number of rotatable bonds is 5. The number of benzene rings is 1. The lowest BCUT2D eigenvalue weighted by atomic mass is 9.93. The van der Waals surface area contributed by atoms with Crippen molar-refractivity contribution < 1.29 is 9.90 Å². The minimum atomic E-state index is -0.197. The highest BCUT2D eigenvalue weighted by Gasteiger charge is 2.28. The minimum Gasteiger partial charge on any atom is -0.508 e. The zero-order chi connectivity index (χ0) is 19.9. The molecule has 2 atom stereocenters. The maximum Gasteiger partial charge on any atom is 0.246 e. The van der Waals surface area contributed by atoms with Gasteiger partial charge in [0.05, 0.1) is 12.4 Å². The number of nitrogens with one attached hydrogen (secondary N) is 2. The number of phenolic OH excluding ortho intramolecular Hbond substituents is 1. The van der Waals surface area contributed by atoms with Gasteiger partial charge in [0.1, 0.15) is 12.3 Å². The predicted molar refractivity (Wildman–Crippen MR) is 125 cm³/mol. The second-order valence-electron chi connectivity index (χ2n) is 7.05. The molecule has 158 valence electrons. The number of aromatic hydroxyl groups is 1. The van der Waals surface area contributed by atoms with Gasteiger partial charge in [-0.2, -0.15) is 0 Å². The van der Waals surface area contributed by atoms with E-state index in [2.05, 4.69) is 37.0 Å². The van der Waals surface area contributed by atoms with Crippen LogP contribution < -0.4 is 10.6 Å². The van der Waals surface area contributed by atoms with Crippen LogP contribution in [0.2, 0.25) is 0 Å². The molecule has 2 unspecified atom stereocenters. The molecule has 8 nitrogen and oxygen atoms in total. The highest BCUT2D eigenvalue weighted by atomic mass is 127. The summed E-state index contributed by atoms with van der Waals surface area (Å²) in [6.45, 7) is 6.77. The van der Waals surface area contributed by atoms with Gasteiger partial charge in [-0.25, -0.2) is 9.98 Å². The second-order valence-corrected chi connectivity index (χ2v) is 7.05. The number of imidazole rings is 1. The lowest BCUT2D eigenvalue weighted by molar-refractivity contribution is -0.114. The molecule has 0 spiro atoms. The summed E-state index contributed by atoms with van der Waals surface area (Å²) in [5, 5.41) is 15.4. The molecular weight excluding hydrogens is 483 g/mol. The van der Waals surface area contributed by atoms with E-state index >= 15 is 0 Å². The number of anilines is 1. The number of amides is 1. The number of guanidine groups is 1. The van der Waals surface area contributed by atoms with Crippen LogP contribution >= 0.6 is 24.0 Å². The molecule has 0 radical (unpaired) electrons. The molecule has 1 aromatic carbocycles. The summed E-state index contributed by atoms with van der Waals surface area (Å²) in [5.74, 6) is 1.27.